The summed E-state index contributed by atoms with van der Waals surface area (Å²) in [4.78, 5) is 9.20. The van der Waals surface area contributed by atoms with Gasteiger partial charge in [0.15, 0.2) is 0 Å². The van der Waals surface area contributed by atoms with Gasteiger partial charge in [0, 0.05) is 29.5 Å². The first-order valence-electron chi connectivity index (χ1n) is 6.92. The lowest BCUT2D eigenvalue weighted by Gasteiger charge is -2.25. The van der Waals surface area contributed by atoms with E-state index in [9.17, 15) is 0 Å². The lowest BCUT2D eigenvalue weighted by molar-refractivity contribution is 0.360. The van der Waals surface area contributed by atoms with Crippen LogP contribution >= 0.6 is 15.9 Å². The van der Waals surface area contributed by atoms with Gasteiger partial charge in [-0.05, 0) is 38.2 Å². The summed E-state index contributed by atoms with van der Waals surface area (Å²) in [6.45, 7) is 4.26. The average molecular weight is 335 g/mol. The van der Waals surface area contributed by atoms with E-state index in [1.165, 1.54) is 0 Å². The quantitative estimate of drug-likeness (QED) is 0.870. The van der Waals surface area contributed by atoms with E-state index in [2.05, 4.69) is 43.8 Å². The van der Waals surface area contributed by atoms with Crippen molar-refractivity contribution in [2.75, 3.05) is 43.9 Å². The summed E-state index contributed by atoms with van der Waals surface area (Å²) in [6, 6.07) is 6.17. The van der Waals surface area contributed by atoms with Gasteiger partial charge in [-0.2, -0.15) is 0 Å². The van der Waals surface area contributed by atoms with Gasteiger partial charge in [-0.15, -0.1) is 0 Å². The van der Waals surface area contributed by atoms with Crippen molar-refractivity contribution in [2.45, 2.75) is 6.42 Å². The number of nitrogen functional groups attached to an aromatic ring is 1. The summed E-state index contributed by atoms with van der Waals surface area (Å²) in [5, 5.41) is 1.13. The van der Waals surface area contributed by atoms with Gasteiger partial charge < -0.3 is 15.5 Å². The maximum Gasteiger partial charge on any atom is 0.0745 e. The van der Waals surface area contributed by atoms with Crippen molar-refractivity contribution in [1.82, 2.24) is 9.88 Å². The minimum atomic E-state index is 0.764. The molecule has 1 aromatic heterocycles. The standard InChI is InChI=1S/C15H19BrN4/c1-19-5-2-6-20(8-7-19)15-12-9-11(16)3-4-14(12)18-10-13(15)17/h3-4,9-10H,2,5-8,17H2,1H3. The molecule has 2 heterocycles. The fraction of sp³-hybridized carbons (Fsp3) is 0.400. The molecule has 5 heteroatoms. The minimum Gasteiger partial charge on any atom is -0.396 e. The minimum absolute atomic E-state index is 0.764. The number of nitrogens with zero attached hydrogens (tertiary/aromatic N) is 3. The summed E-state index contributed by atoms with van der Waals surface area (Å²) in [6.07, 6.45) is 2.94. The normalized spacial score (nSPS) is 17.4. The average Bonchev–Trinajstić information content (AvgIpc) is 2.63. The van der Waals surface area contributed by atoms with Crippen LogP contribution in [0.1, 0.15) is 6.42 Å². The number of pyridine rings is 1. The Bertz CT molecular complexity index is 623. The molecular weight excluding hydrogens is 316 g/mol. The number of anilines is 2. The summed E-state index contributed by atoms with van der Waals surface area (Å²) >= 11 is 3.54. The Balaban J connectivity index is 2.09. The summed E-state index contributed by atoms with van der Waals surface area (Å²) < 4.78 is 1.06. The number of halogens is 1. The van der Waals surface area contributed by atoms with Crippen molar-refractivity contribution in [2.24, 2.45) is 0 Å². The molecule has 1 aromatic carbocycles. The van der Waals surface area contributed by atoms with E-state index < -0.39 is 0 Å². The first-order chi connectivity index (χ1) is 9.65. The second-order valence-electron chi connectivity index (χ2n) is 5.37. The molecule has 0 unspecified atom stereocenters. The van der Waals surface area contributed by atoms with Gasteiger partial charge in [0.05, 0.1) is 23.1 Å². The molecule has 0 saturated carbocycles. The SMILES string of the molecule is CN1CCCN(c2c(N)cnc3ccc(Br)cc23)CC1. The van der Waals surface area contributed by atoms with Gasteiger partial charge in [0.2, 0.25) is 0 Å². The Morgan fingerprint density at radius 3 is 2.90 bits per heavy atom. The first kappa shape index (κ1) is 13.6. The molecule has 3 rings (SSSR count). The van der Waals surface area contributed by atoms with Crippen molar-refractivity contribution in [1.29, 1.82) is 0 Å². The molecule has 0 radical (unpaired) electrons. The lowest BCUT2D eigenvalue weighted by atomic mass is 10.1. The molecule has 0 bridgehead atoms. The monoisotopic (exact) mass is 334 g/mol. The molecule has 1 fully saturated rings. The lowest BCUT2D eigenvalue weighted by Crippen LogP contribution is -2.29. The van der Waals surface area contributed by atoms with Gasteiger partial charge in [-0.1, -0.05) is 15.9 Å². The Kier molecular flexibility index (Phi) is 3.81. The molecule has 2 N–H and O–H groups in total. The third kappa shape index (κ3) is 2.60. The van der Waals surface area contributed by atoms with Gasteiger partial charge in [-0.3, -0.25) is 4.98 Å². The van der Waals surface area contributed by atoms with E-state index in [4.69, 9.17) is 5.73 Å². The smallest absolute Gasteiger partial charge is 0.0745 e. The Labute approximate surface area is 127 Å². The van der Waals surface area contributed by atoms with Crippen LogP contribution in [0.15, 0.2) is 28.9 Å². The Hall–Kier alpha value is -1.33. The topological polar surface area (TPSA) is 45.4 Å². The van der Waals surface area contributed by atoms with Crippen LogP contribution < -0.4 is 10.6 Å². The molecule has 1 aliphatic rings. The third-order valence-corrected chi connectivity index (χ3v) is 4.36. The zero-order valence-corrected chi connectivity index (χ0v) is 13.2. The highest BCUT2D eigenvalue weighted by Crippen LogP contribution is 2.33. The number of aromatic nitrogens is 1. The maximum atomic E-state index is 6.22. The van der Waals surface area contributed by atoms with Crippen LogP contribution in [0.4, 0.5) is 11.4 Å². The number of fused-ring (bicyclic) bond motifs is 1. The van der Waals surface area contributed by atoms with E-state index in [1.54, 1.807) is 6.20 Å². The second-order valence-corrected chi connectivity index (χ2v) is 6.28. The predicted octanol–water partition coefficient (Wildman–Crippen LogP) is 2.72. The van der Waals surface area contributed by atoms with Crippen molar-refractivity contribution in [3.63, 3.8) is 0 Å². The zero-order chi connectivity index (χ0) is 14.1. The Morgan fingerprint density at radius 1 is 1.20 bits per heavy atom. The molecule has 20 heavy (non-hydrogen) atoms. The van der Waals surface area contributed by atoms with E-state index in [0.29, 0.717) is 0 Å². The molecule has 0 aliphatic carbocycles. The zero-order valence-electron chi connectivity index (χ0n) is 11.6. The number of nitrogens with two attached hydrogens (primary N) is 1. The molecular formula is C15H19BrN4. The summed E-state index contributed by atoms with van der Waals surface area (Å²) in [5.41, 5.74) is 9.11. The largest absolute Gasteiger partial charge is 0.396 e. The highest BCUT2D eigenvalue weighted by atomic mass is 79.9. The van der Waals surface area contributed by atoms with Crippen LogP contribution in [-0.2, 0) is 0 Å². The highest BCUT2D eigenvalue weighted by Gasteiger charge is 2.17. The van der Waals surface area contributed by atoms with Crippen molar-refractivity contribution in [3.05, 3.63) is 28.9 Å². The van der Waals surface area contributed by atoms with Crippen LogP contribution in [0.3, 0.4) is 0 Å². The number of hydrogen-bond donors (Lipinski definition) is 1. The van der Waals surface area contributed by atoms with Crippen molar-refractivity contribution >= 4 is 38.2 Å². The van der Waals surface area contributed by atoms with Crippen LogP contribution in [-0.4, -0.2) is 43.1 Å². The number of rotatable bonds is 1. The van der Waals surface area contributed by atoms with Crippen molar-refractivity contribution < 1.29 is 0 Å². The fourth-order valence-electron chi connectivity index (χ4n) is 2.79. The van der Waals surface area contributed by atoms with Crippen LogP contribution in [0.5, 0.6) is 0 Å². The van der Waals surface area contributed by atoms with Gasteiger partial charge >= 0.3 is 0 Å². The van der Waals surface area contributed by atoms with Crippen molar-refractivity contribution in [3.8, 4) is 0 Å². The van der Waals surface area contributed by atoms with Gasteiger partial charge in [0.25, 0.3) is 0 Å². The Morgan fingerprint density at radius 2 is 2.05 bits per heavy atom. The maximum absolute atomic E-state index is 6.22. The first-order valence-corrected chi connectivity index (χ1v) is 7.71. The molecule has 0 atom stereocenters. The molecule has 1 aliphatic heterocycles. The molecule has 2 aromatic rings. The number of hydrogen-bond acceptors (Lipinski definition) is 4. The highest BCUT2D eigenvalue weighted by molar-refractivity contribution is 9.10. The van der Waals surface area contributed by atoms with Gasteiger partial charge in [-0.25, -0.2) is 0 Å². The fourth-order valence-corrected chi connectivity index (χ4v) is 3.15. The van der Waals surface area contributed by atoms with E-state index in [-0.39, 0.29) is 0 Å². The van der Waals surface area contributed by atoms with Crippen LogP contribution in [0, 0.1) is 0 Å². The second kappa shape index (κ2) is 5.58. The molecule has 0 amide bonds. The van der Waals surface area contributed by atoms with Crippen LogP contribution in [0.2, 0.25) is 0 Å². The molecule has 0 spiro atoms. The van der Waals surface area contributed by atoms with E-state index >= 15 is 0 Å². The van der Waals surface area contributed by atoms with E-state index in [0.717, 1.165) is 59.4 Å². The number of benzene rings is 1. The molecule has 1 saturated heterocycles. The molecule has 4 nitrogen and oxygen atoms in total. The van der Waals surface area contributed by atoms with Crippen LogP contribution in [0.25, 0.3) is 10.9 Å². The summed E-state index contributed by atoms with van der Waals surface area (Å²) in [7, 11) is 2.17. The number of likely N-dealkylation sites (N-methyl/N-ethyl adjacent to an activating group) is 1. The predicted molar refractivity (Wildman–Crippen MR) is 88.2 cm³/mol. The van der Waals surface area contributed by atoms with E-state index in [1.807, 2.05) is 12.1 Å². The third-order valence-electron chi connectivity index (χ3n) is 3.87. The summed E-state index contributed by atoms with van der Waals surface area (Å²) in [5.74, 6) is 0. The molecule has 106 valence electrons. The van der Waals surface area contributed by atoms with Gasteiger partial charge in [0.1, 0.15) is 0 Å².